The van der Waals surface area contributed by atoms with Crippen molar-refractivity contribution < 1.29 is 15.0 Å². The van der Waals surface area contributed by atoms with Crippen LogP contribution in [0.25, 0.3) is 0 Å². The lowest BCUT2D eigenvalue weighted by molar-refractivity contribution is -0.136. The first kappa shape index (κ1) is 23.1. The van der Waals surface area contributed by atoms with Crippen molar-refractivity contribution in [2.24, 2.45) is 0 Å². The highest BCUT2D eigenvalue weighted by Gasteiger charge is 1.93. The topological polar surface area (TPSA) is 57.5 Å². The molecule has 2 N–H and O–H groups in total. The van der Waals surface area contributed by atoms with Crippen LogP contribution < -0.4 is 0 Å². The molecule has 0 heterocycles. The normalized spacial score (nSPS) is 14.0. The average Bonchev–Trinajstić information content (AvgIpc) is 2.58. The van der Waals surface area contributed by atoms with Crippen LogP contribution in [0.15, 0.2) is 60.8 Å². The number of carboxylic acid groups (broad SMARTS) is 1. The molecule has 3 nitrogen and oxygen atoms in total. The summed E-state index contributed by atoms with van der Waals surface area (Å²) >= 11 is 0. The van der Waals surface area contributed by atoms with Gasteiger partial charge in [0.25, 0.3) is 0 Å². The van der Waals surface area contributed by atoms with Gasteiger partial charge in [0.1, 0.15) is 0 Å². The van der Waals surface area contributed by atoms with E-state index in [1.54, 1.807) is 6.08 Å². The summed E-state index contributed by atoms with van der Waals surface area (Å²) in [7, 11) is 0. The van der Waals surface area contributed by atoms with Gasteiger partial charge >= 0.3 is 5.97 Å². The quantitative estimate of drug-likeness (QED) is 0.226. The lowest BCUT2D eigenvalue weighted by Crippen LogP contribution is -1.98. The van der Waals surface area contributed by atoms with Gasteiger partial charge in [0.05, 0.1) is 6.10 Å². The zero-order chi connectivity index (χ0) is 18.6. The summed E-state index contributed by atoms with van der Waals surface area (Å²) < 4.78 is 0. The molecule has 0 radical (unpaired) electrons. The fourth-order valence-electron chi connectivity index (χ4n) is 2.06. The third-order valence-electron chi connectivity index (χ3n) is 3.50. The Morgan fingerprint density at radius 3 is 2.28 bits per heavy atom. The van der Waals surface area contributed by atoms with Gasteiger partial charge in [0, 0.05) is 6.42 Å². The summed E-state index contributed by atoms with van der Waals surface area (Å²) in [5.74, 6) is -0.769. The van der Waals surface area contributed by atoms with Gasteiger partial charge in [0.2, 0.25) is 0 Å². The Kier molecular flexibility index (Phi) is 17.1. The number of aliphatic hydroxyl groups is 1. The van der Waals surface area contributed by atoms with E-state index in [0.29, 0.717) is 12.8 Å². The van der Waals surface area contributed by atoms with Crippen LogP contribution in [0.5, 0.6) is 0 Å². The molecule has 0 aliphatic rings. The number of hydrogen-bond donors (Lipinski definition) is 2. The molecule has 0 saturated carbocycles. The molecule has 140 valence electrons. The van der Waals surface area contributed by atoms with Crippen molar-refractivity contribution in [3.05, 3.63) is 60.8 Å². The van der Waals surface area contributed by atoms with Gasteiger partial charge in [-0.2, -0.15) is 0 Å². The molecule has 0 aromatic carbocycles. The molecule has 0 spiro atoms. The first-order chi connectivity index (χ1) is 12.2. The highest BCUT2D eigenvalue weighted by molar-refractivity contribution is 5.66. The SMILES string of the molecule is CCCCCC=CCC=CCC(O)C=CC=CCC=CCCC(=O)O. The average molecular weight is 347 g/mol. The predicted octanol–water partition coefficient (Wildman–Crippen LogP) is 5.74. The number of allylic oxidation sites excluding steroid dienone is 8. The van der Waals surface area contributed by atoms with Crippen molar-refractivity contribution in [2.75, 3.05) is 0 Å². The van der Waals surface area contributed by atoms with Crippen molar-refractivity contribution in [1.82, 2.24) is 0 Å². The molecular weight excluding hydrogens is 312 g/mol. The van der Waals surface area contributed by atoms with Crippen LogP contribution in [0.4, 0.5) is 0 Å². The first-order valence-electron chi connectivity index (χ1n) is 9.35. The molecule has 0 amide bonds. The summed E-state index contributed by atoms with van der Waals surface area (Å²) in [5, 5.41) is 18.3. The maximum Gasteiger partial charge on any atom is 0.303 e. The van der Waals surface area contributed by atoms with E-state index < -0.39 is 12.1 Å². The van der Waals surface area contributed by atoms with E-state index >= 15 is 0 Å². The van der Waals surface area contributed by atoms with Gasteiger partial charge in [0.15, 0.2) is 0 Å². The Labute approximate surface area is 153 Å². The van der Waals surface area contributed by atoms with Crippen molar-refractivity contribution in [2.45, 2.75) is 70.8 Å². The molecule has 0 aromatic rings. The Morgan fingerprint density at radius 1 is 0.880 bits per heavy atom. The fraction of sp³-hybridized carbons (Fsp3) is 0.500. The zero-order valence-electron chi connectivity index (χ0n) is 15.5. The standard InChI is InChI=1S/C22H34O3/c1-2-3-4-5-6-7-9-12-15-18-21(23)19-16-13-10-8-11-14-17-20-22(24)25/h6-7,10-16,19,21,23H,2-5,8-9,17-18,20H2,1H3,(H,24,25). The van der Waals surface area contributed by atoms with Crippen LogP contribution in [0.2, 0.25) is 0 Å². The van der Waals surface area contributed by atoms with Crippen LogP contribution in [0, 0.1) is 0 Å². The molecule has 0 aromatic heterocycles. The molecule has 0 rings (SSSR count). The molecule has 0 fully saturated rings. The van der Waals surface area contributed by atoms with E-state index in [9.17, 15) is 9.90 Å². The largest absolute Gasteiger partial charge is 0.481 e. The number of hydrogen-bond acceptors (Lipinski definition) is 2. The second-order valence-corrected chi connectivity index (χ2v) is 5.93. The third kappa shape index (κ3) is 20.1. The van der Waals surface area contributed by atoms with E-state index in [1.165, 1.54) is 19.3 Å². The molecule has 0 aliphatic heterocycles. The highest BCUT2D eigenvalue weighted by Crippen LogP contribution is 2.02. The van der Waals surface area contributed by atoms with Crippen LogP contribution >= 0.6 is 0 Å². The Balaban J connectivity index is 3.68. The van der Waals surface area contributed by atoms with E-state index in [0.717, 1.165) is 19.3 Å². The van der Waals surface area contributed by atoms with E-state index in [4.69, 9.17) is 5.11 Å². The molecular formula is C22H34O3. The summed E-state index contributed by atoms with van der Waals surface area (Å²) in [4.78, 5) is 10.3. The zero-order valence-corrected chi connectivity index (χ0v) is 15.5. The summed E-state index contributed by atoms with van der Waals surface area (Å²) in [6.07, 6.45) is 27.4. The van der Waals surface area contributed by atoms with Crippen LogP contribution in [0.3, 0.4) is 0 Å². The molecule has 1 atom stereocenters. The number of carbonyl (C=O) groups is 1. The molecule has 25 heavy (non-hydrogen) atoms. The van der Waals surface area contributed by atoms with E-state index in [1.807, 2.05) is 36.5 Å². The monoisotopic (exact) mass is 346 g/mol. The molecule has 1 unspecified atom stereocenters. The van der Waals surface area contributed by atoms with Gasteiger partial charge < -0.3 is 10.2 Å². The van der Waals surface area contributed by atoms with Gasteiger partial charge in [-0.1, -0.05) is 80.5 Å². The van der Waals surface area contributed by atoms with E-state index in [2.05, 4.69) is 25.2 Å². The highest BCUT2D eigenvalue weighted by atomic mass is 16.4. The van der Waals surface area contributed by atoms with Crippen molar-refractivity contribution in [3.63, 3.8) is 0 Å². The van der Waals surface area contributed by atoms with Crippen LogP contribution in [-0.2, 0) is 4.79 Å². The first-order valence-corrected chi connectivity index (χ1v) is 9.35. The lowest BCUT2D eigenvalue weighted by atomic mass is 10.2. The summed E-state index contributed by atoms with van der Waals surface area (Å²) in [6.45, 7) is 2.21. The fourth-order valence-corrected chi connectivity index (χ4v) is 2.06. The maximum atomic E-state index is 10.3. The second kappa shape index (κ2) is 18.5. The number of carboxylic acids is 1. The molecule has 0 aliphatic carbocycles. The summed E-state index contributed by atoms with van der Waals surface area (Å²) in [6, 6.07) is 0. The minimum absolute atomic E-state index is 0.175. The Hall–Kier alpha value is -1.87. The summed E-state index contributed by atoms with van der Waals surface area (Å²) in [5.41, 5.74) is 0. The van der Waals surface area contributed by atoms with Gasteiger partial charge in [-0.3, -0.25) is 4.79 Å². The van der Waals surface area contributed by atoms with Crippen LogP contribution in [-0.4, -0.2) is 22.3 Å². The third-order valence-corrected chi connectivity index (χ3v) is 3.50. The minimum Gasteiger partial charge on any atom is -0.481 e. The molecule has 0 bridgehead atoms. The molecule has 3 heteroatoms. The van der Waals surface area contributed by atoms with Gasteiger partial charge in [-0.05, 0) is 38.5 Å². The Bertz CT molecular complexity index is 456. The predicted molar refractivity (Wildman–Crippen MR) is 107 cm³/mol. The maximum absolute atomic E-state index is 10.3. The number of rotatable bonds is 15. The number of unbranched alkanes of at least 4 members (excludes halogenated alkanes) is 3. The van der Waals surface area contributed by atoms with Crippen molar-refractivity contribution in [3.8, 4) is 0 Å². The van der Waals surface area contributed by atoms with Gasteiger partial charge in [-0.25, -0.2) is 0 Å². The number of aliphatic carboxylic acids is 1. The van der Waals surface area contributed by atoms with Gasteiger partial charge in [-0.15, -0.1) is 0 Å². The Morgan fingerprint density at radius 2 is 1.56 bits per heavy atom. The van der Waals surface area contributed by atoms with Crippen molar-refractivity contribution >= 4 is 5.97 Å². The van der Waals surface area contributed by atoms with Crippen molar-refractivity contribution in [1.29, 1.82) is 0 Å². The molecule has 0 saturated heterocycles. The second-order valence-electron chi connectivity index (χ2n) is 5.93. The minimum atomic E-state index is -0.769. The lowest BCUT2D eigenvalue weighted by Gasteiger charge is -1.98. The van der Waals surface area contributed by atoms with E-state index in [-0.39, 0.29) is 6.42 Å². The van der Waals surface area contributed by atoms with Crippen LogP contribution in [0.1, 0.15) is 64.7 Å². The number of aliphatic hydroxyl groups excluding tert-OH is 1. The smallest absolute Gasteiger partial charge is 0.303 e.